The molecule has 0 radical (unpaired) electrons. The second-order valence-corrected chi connectivity index (χ2v) is 4.19. The van der Waals surface area contributed by atoms with E-state index < -0.39 is 12.7 Å². The van der Waals surface area contributed by atoms with Crippen LogP contribution in [0.5, 0.6) is 0 Å². The van der Waals surface area contributed by atoms with E-state index in [9.17, 15) is 13.2 Å². The molecule has 96 valence electrons. The van der Waals surface area contributed by atoms with Crippen LogP contribution in [0, 0.1) is 0 Å². The SMILES string of the molecule is CN(CCNCC(F)(F)F)CC1CCCO1. The van der Waals surface area contributed by atoms with E-state index in [1.807, 2.05) is 11.9 Å². The van der Waals surface area contributed by atoms with Gasteiger partial charge in [-0.1, -0.05) is 0 Å². The molecule has 3 nitrogen and oxygen atoms in total. The summed E-state index contributed by atoms with van der Waals surface area (Å²) in [6, 6.07) is 0. The fourth-order valence-electron chi connectivity index (χ4n) is 1.73. The van der Waals surface area contributed by atoms with Crippen LogP contribution in [0.3, 0.4) is 0 Å². The molecule has 0 saturated carbocycles. The lowest BCUT2D eigenvalue weighted by Crippen LogP contribution is -2.37. The minimum absolute atomic E-state index is 0.257. The minimum atomic E-state index is -4.12. The summed E-state index contributed by atoms with van der Waals surface area (Å²) < 4.78 is 40.9. The van der Waals surface area contributed by atoms with Crippen molar-refractivity contribution in [2.24, 2.45) is 0 Å². The second kappa shape index (κ2) is 6.42. The van der Waals surface area contributed by atoms with Crippen LogP contribution in [-0.4, -0.2) is 57.0 Å². The molecular formula is C10H19F3N2O. The van der Waals surface area contributed by atoms with Gasteiger partial charge in [0.05, 0.1) is 12.6 Å². The summed E-state index contributed by atoms with van der Waals surface area (Å²) in [7, 11) is 1.90. The molecule has 0 aromatic rings. The lowest BCUT2D eigenvalue weighted by molar-refractivity contribution is -0.124. The third-order valence-electron chi connectivity index (χ3n) is 2.54. The molecule has 1 rings (SSSR count). The summed E-state index contributed by atoms with van der Waals surface area (Å²) in [5.74, 6) is 0. The number of rotatable bonds is 6. The van der Waals surface area contributed by atoms with E-state index in [1.165, 1.54) is 0 Å². The number of nitrogens with one attached hydrogen (secondary N) is 1. The maximum atomic E-state index is 11.8. The van der Waals surface area contributed by atoms with Gasteiger partial charge in [-0.3, -0.25) is 0 Å². The van der Waals surface area contributed by atoms with Crippen molar-refractivity contribution >= 4 is 0 Å². The van der Waals surface area contributed by atoms with Crippen LogP contribution >= 0.6 is 0 Å². The Morgan fingerprint density at radius 3 is 2.75 bits per heavy atom. The number of ether oxygens (including phenoxy) is 1. The van der Waals surface area contributed by atoms with Gasteiger partial charge in [0.15, 0.2) is 0 Å². The van der Waals surface area contributed by atoms with E-state index >= 15 is 0 Å². The maximum Gasteiger partial charge on any atom is 0.401 e. The zero-order valence-corrected chi connectivity index (χ0v) is 9.52. The van der Waals surface area contributed by atoms with Crippen molar-refractivity contribution in [2.45, 2.75) is 25.1 Å². The molecule has 1 unspecified atom stereocenters. The predicted octanol–water partition coefficient (Wildman–Crippen LogP) is 1.25. The fourth-order valence-corrected chi connectivity index (χ4v) is 1.73. The normalized spacial score (nSPS) is 21.9. The first kappa shape index (κ1) is 13.7. The largest absolute Gasteiger partial charge is 0.401 e. The van der Waals surface area contributed by atoms with Crippen LogP contribution in [-0.2, 0) is 4.74 Å². The van der Waals surface area contributed by atoms with Crippen molar-refractivity contribution in [3.8, 4) is 0 Å². The van der Waals surface area contributed by atoms with Crippen molar-refractivity contribution in [2.75, 3.05) is 39.8 Å². The fraction of sp³-hybridized carbons (Fsp3) is 1.00. The molecule has 1 heterocycles. The molecule has 1 N–H and O–H groups in total. The van der Waals surface area contributed by atoms with Crippen LogP contribution in [0.15, 0.2) is 0 Å². The summed E-state index contributed by atoms with van der Waals surface area (Å²) in [6.07, 6.45) is -1.72. The first-order valence-corrected chi connectivity index (χ1v) is 5.55. The number of alkyl halides is 3. The average molecular weight is 240 g/mol. The number of hydrogen-bond acceptors (Lipinski definition) is 3. The van der Waals surface area contributed by atoms with Crippen molar-refractivity contribution in [3.05, 3.63) is 0 Å². The van der Waals surface area contributed by atoms with Gasteiger partial charge in [-0.2, -0.15) is 13.2 Å². The molecule has 1 saturated heterocycles. The predicted molar refractivity (Wildman–Crippen MR) is 55.4 cm³/mol. The van der Waals surface area contributed by atoms with Crippen molar-refractivity contribution in [3.63, 3.8) is 0 Å². The molecule has 6 heteroatoms. The van der Waals surface area contributed by atoms with Crippen molar-refractivity contribution in [1.82, 2.24) is 10.2 Å². The minimum Gasteiger partial charge on any atom is -0.377 e. The van der Waals surface area contributed by atoms with Gasteiger partial charge < -0.3 is 15.0 Å². The molecule has 1 fully saturated rings. The molecule has 1 aliphatic rings. The Bertz CT molecular complexity index is 193. The summed E-state index contributed by atoms with van der Waals surface area (Å²) in [4.78, 5) is 2.00. The number of nitrogens with zero attached hydrogens (tertiary/aromatic N) is 1. The molecule has 0 amide bonds. The molecule has 16 heavy (non-hydrogen) atoms. The summed E-state index contributed by atoms with van der Waals surface area (Å²) in [5.41, 5.74) is 0. The Labute approximate surface area is 93.9 Å². The van der Waals surface area contributed by atoms with Crippen molar-refractivity contribution in [1.29, 1.82) is 0 Å². The van der Waals surface area contributed by atoms with E-state index in [1.54, 1.807) is 0 Å². The topological polar surface area (TPSA) is 24.5 Å². The Hall–Kier alpha value is -0.330. The lowest BCUT2D eigenvalue weighted by atomic mass is 10.2. The molecule has 1 aliphatic heterocycles. The quantitative estimate of drug-likeness (QED) is 0.707. The summed E-state index contributed by atoms with van der Waals surface area (Å²) in [5, 5.41) is 2.37. The maximum absolute atomic E-state index is 11.8. The molecule has 0 aliphatic carbocycles. The highest BCUT2D eigenvalue weighted by Gasteiger charge is 2.26. The van der Waals surface area contributed by atoms with Gasteiger partial charge in [0, 0.05) is 26.2 Å². The van der Waals surface area contributed by atoms with E-state index in [-0.39, 0.29) is 6.10 Å². The summed E-state index contributed by atoms with van der Waals surface area (Å²) in [6.45, 7) is 1.65. The van der Waals surface area contributed by atoms with Gasteiger partial charge >= 0.3 is 6.18 Å². The monoisotopic (exact) mass is 240 g/mol. The highest BCUT2D eigenvalue weighted by atomic mass is 19.4. The van der Waals surface area contributed by atoms with E-state index in [0.717, 1.165) is 26.0 Å². The first-order valence-electron chi connectivity index (χ1n) is 5.55. The molecular weight excluding hydrogens is 221 g/mol. The van der Waals surface area contributed by atoms with Crippen LogP contribution in [0.2, 0.25) is 0 Å². The smallest absolute Gasteiger partial charge is 0.377 e. The highest BCUT2D eigenvalue weighted by molar-refractivity contribution is 4.69. The Kier molecular flexibility index (Phi) is 5.51. The number of likely N-dealkylation sites (N-methyl/N-ethyl adjacent to an activating group) is 1. The number of halogens is 3. The van der Waals surface area contributed by atoms with Crippen LogP contribution in [0.1, 0.15) is 12.8 Å². The second-order valence-electron chi connectivity index (χ2n) is 4.19. The van der Waals surface area contributed by atoms with Crippen LogP contribution in [0.25, 0.3) is 0 Å². The van der Waals surface area contributed by atoms with Crippen LogP contribution < -0.4 is 5.32 Å². The van der Waals surface area contributed by atoms with Crippen LogP contribution in [0.4, 0.5) is 13.2 Å². The Morgan fingerprint density at radius 1 is 1.44 bits per heavy atom. The molecule has 1 atom stereocenters. The van der Waals surface area contributed by atoms with E-state index in [0.29, 0.717) is 13.1 Å². The zero-order valence-electron chi connectivity index (χ0n) is 9.52. The van der Waals surface area contributed by atoms with Gasteiger partial charge in [-0.25, -0.2) is 0 Å². The highest BCUT2D eigenvalue weighted by Crippen LogP contribution is 2.13. The van der Waals surface area contributed by atoms with Gasteiger partial charge in [-0.05, 0) is 19.9 Å². The summed E-state index contributed by atoms with van der Waals surface area (Å²) >= 11 is 0. The van der Waals surface area contributed by atoms with Gasteiger partial charge in [0.2, 0.25) is 0 Å². The Morgan fingerprint density at radius 2 is 2.19 bits per heavy atom. The molecule has 0 spiro atoms. The third kappa shape index (κ3) is 6.30. The Balaban J connectivity index is 1.99. The van der Waals surface area contributed by atoms with Crippen molar-refractivity contribution < 1.29 is 17.9 Å². The molecule has 0 aromatic carbocycles. The van der Waals surface area contributed by atoms with Gasteiger partial charge in [0.25, 0.3) is 0 Å². The average Bonchev–Trinajstić information content (AvgIpc) is 2.63. The standard InChI is InChI=1S/C10H19F3N2O/c1-15(7-9-3-2-6-16-9)5-4-14-8-10(11,12)13/h9,14H,2-8H2,1H3. The van der Waals surface area contributed by atoms with Gasteiger partial charge in [-0.15, -0.1) is 0 Å². The molecule has 0 aromatic heterocycles. The van der Waals surface area contributed by atoms with E-state index in [2.05, 4.69) is 5.32 Å². The zero-order chi connectivity index (χ0) is 12.0. The third-order valence-corrected chi connectivity index (χ3v) is 2.54. The lowest BCUT2D eigenvalue weighted by Gasteiger charge is -2.20. The molecule has 0 bridgehead atoms. The first-order chi connectivity index (χ1) is 7.47. The van der Waals surface area contributed by atoms with E-state index in [4.69, 9.17) is 4.74 Å². The van der Waals surface area contributed by atoms with Gasteiger partial charge in [0.1, 0.15) is 0 Å². The number of hydrogen-bond donors (Lipinski definition) is 1.